The van der Waals surface area contributed by atoms with Gasteiger partial charge in [-0.3, -0.25) is 0 Å². The molecule has 5 nitrogen and oxygen atoms in total. The van der Waals surface area contributed by atoms with Crippen molar-refractivity contribution in [1.29, 1.82) is 0 Å². The van der Waals surface area contributed by atoms with E-state index in [-0.39, 0.29) is 6.04 Å². The van der Waals surface area contributed by atoms with Crippen LogP contribution in [0.4, 0.5) is 0 Å². The summed E-state index contributed by atoms with van der Waals surface area (Å²) in [5.74, 6) is 0. The molecule has 3 N–H and O–H groups in total. The van der Waals surface area contributed by atoms with Crippen LogP contribution in [0.25, 0.3) is 0 Å². The van der Waals surface area contributed by atoms with E-state index in [1.165, 1.54) is 11.3 Å². The number of nitrogens with two attached hydrogens (primary N) is 1. The van der Waals surface area contributed by atoms with Gasteiger partial charge in [-0.25, -0.2) is 10.1 Å². The molecule has 0 aromatic carbocycles. The van der Waals surface area contributed by atoms with E-state index in [4.69, 9.17) is 5.14 Å². The van der Waals surface area contributed by atoms with Crippen LogP contribution in [0.15, 0.2) is 6.20 Å². The Morgan fingerprint density at radius 2 is 2.36 bits per heavy atom. The highest BCUT2D eigenvalue weighted by Crippen LogP contribution is 2.20. The van der Waals surface area contributed by atoms with E-state index in [9.17, 15) is 8.42 Å². The molecule has 1 heterocycles. The molecular formula is C7H13N3O2S2. The average Bonchev–Trinajstić information content (AvgIpc) is 2.48. The van der Waals surface area contributed by atoms with Crippen LogP contribution in [0.5, 0.6) is 0 Å². The van der Waals surface area contributed by atoms with Gasteiger partial charge in [-0.05, 0) is 13.3 Å². The van der Waals surface area contributed by atoms with Crippen LogP contribution in [0.2, 0.25) is 0 Å². The maximum absolute atomic E-state index is 10.7. The molecule has 1 atom stereocenters. The Bertz CT molecular complexity index is 399. The number of nitrogens with zero attached hydrogens (tertiary/aromatic N) is 1. The minimum Gasteiger partial charge on any atom is -0.248 e. The molecule has 0 fully saturated rings. The summed E-state index contributed by atoms with van der Waals surface area (Å²) in [7, 11) is -3.65. The van der Waals surface area contributed by atoms with Gasteiger partial charge < -0.3 is 0 Å². The van der Waals surface area contributed by atoms with Crippen LogP contribution in [-0.2, 0) is 16.6 Å². The summed E-state index contributed by atoms with van der Waals surface area (Å²) in [6.07, 6.45) is 2.65. The van der Waals surface area contributed by atoms with Crippen molar-refractivity contribution in [2.45, 2.75) is 26.3 Å². The van der Waals surface area contributed by atoms with Crippen molar-refractivity contribution in [3.05, 3.63) is 16.1 Å². The number of rotatable bonds is 4. The Morgan fingerprint density at radius 3 is 2.79 bits per heavy atom. The van der Waals surface area contributed by atoms with Crippen LogP contribution in [0, 0.1) is 0 Å². The molecule has 1 unspecified atom stereocenters. The van der Waals surface area contributed by atoms with Crippen molar-refractivity contribution in [1.82, 2.24) is 9.71 Å². The van der Waals surface area contributed by atoms with Gasteiger partial charge in [-0.1, -0.05) is 6.92 Å². The molecular weight excluding hydrogens is 222 g/mol. The van der Waals surface area contributed by atoms with Gasteiger partial charge in [0.15, 0.2) is 0 Å². The number of aryl methyl sites for hydroxylation is 1. The minimum absolute atomic E-state index is 0.365. The van der Waals surface area contributed by atoms with E-state index in [0.717, 1.165) is 16.3 Å². The molecule has 0 bridgehead atoms. The summed E-state index contributed by atoms with van der Waals surface area (Å²) in [4.78, 5) is 5.23. The number of nitrogens with one attached hydrogen (secondary N) is 1. The van der Waals surface area contributed by atoms with E-state index in [1.807, 2.05) is 6.92 Å². The quantitative estimate of drug-likeness (QED) is 0.799. The monoisotopic (exact) mass is 235 g/mol. The van der Waals surface area contributed by atoms with E-state index in [0.29, 0.717) is 0 Å². The average molecular weight is 235 g/mol. The van der Waals surface area contributed by atoms with Gasteiger partial charge in [0.1, 0.15) is 5.01 Å². The number of hydrogen-bond donors (Lipinski definition) is 2. The summed E-state index contributed by atoms with van der Waals surface area (Å²) in [6.45, 7) is 3.73. The highest BCUT2D eigenvalue weighted by molar-refractivity contribution is 7.87. The molecule has 0 saturated heterocycles. The fourth-order valence-electron chi connectivity index (χ4n) is 0.983. The normalized spacial score (nSPS) is 14.2. The van der Waals surface area contributed by atoms with Crippen molar-refractivity contribution >= 4 is 21.5 Å². The van der Waals surface area contributed by atoms with Crippen molar-refractivity contribution < 1.29 is 8.42 Å². The first-order valence-corrected chi connectivity index (χ1v) is 6.53. The summed E-state index contributed by atoms with van der Waals surface area (Å²) < 4.78 is 23.7. The largest absolute Gasteiger partial charge is 0.275 e. The molecule has 14 heavy (non-hydrogen) atoms. The molecule has 0 saturated carbocycles. The van der Waals surface area contributed by atoms with E-state index < -0.39 is 10.2 Å². The van der Waals surface area contributed by atoms with Crippen LogP contribution < -0.4 is 9.86 Å². The maximum Gasteiger partial charge on any atom is 0.275 e. The SMILES string of the molecule is CCc1cnc(C(C)NS(N)(=O)=O)s1. The molecule has 0 amide bonds. The van der Waals surface area contributed by atoms with E-state index >= 15 is 0 Å². The van der Waals surface area contributed by atoms with Gasteiger partial charge in [0.05, 0.1) is 6.04 Å². The lowest BCUT2D eigenvalue weighted by Gasteiger charge is -2.07. The lowest BCUT2D eigenvalue weighted by Crippen LogP contribution is -2.32. The molecule has 0 aliphatic carbocycles. The topological polar surface area (TPSA) is 85.1 Å². The molecule has 0 radical (unpaired) electrons. The lowest BCUT2D eigenvalue weighted by atomic mass is 10.4. The zero-order valence-corrected chi connectivity index (χ0v) is 9.65. The van der Waals surface area contributed by atoms with Crippen molar-refractivity contribution in [2.24, 2.45) is 5.14 Å². The third-order valence-electron chi connectivity index (χ3n) is 1.63. The molecule has 80 valence electrons. The second-order valence-electron chi connectivity index (χ2n) is 2.90. The Labute approximate surface area is 87.5 Å². The van der Waals surface area contributed by atoms with Crippen LogP contribution in [0.3, 0.4) is 0 Å². The number of hydrogen-bond acceptors (Lipinski definition) is 4. The van der Waals surface area contributed by atoms with Crippen LogP contribution in [0.1, 0.15) is 29.8 Å². The van der Waals surface area contributed by atoms with Gasteiger partial charge >= 0.3 is 0 Å². The number of aromatic nitrogens is 1. The molecule has 1 aromatic heterocycles. The molecule has 1 aromatic rings. The fraction of sp³-hybridized carbons (Fsp3) is 0.571. The first-order chi connectivity index (χ1) is 6.42. The van der Waals surface area contributed by atoms with Gasteiger partial charge in [-0.15, -0.1) is 11.3 Å². The van der Waals surface area contributed by atoms with E-state index in [1.54, 1.807) is 13.1 Å². The Morgan fingerprint density at radius 1 is 1.71 bits per heavy atom. The molecule has 7 heteroatoms. The third kappa shape index (κ3) is 3.33. The van der Waals surface area contributed by atoms with Crippen molar-refractivity contribution in [3.8, 4) is 0 Å². The number of thiazole rings is 1. The third-order valence-corrected chi connectivity index (χ3v) is 3.64. The second kappa shape index (κ2) is 4.35. The molecule has 0 spiro atoms. The summed E-state index contributed by atoms with van der Waals surface area (Å²) in [5, 5.41) is 5.58. The van der Waals surface area contributed by atoms with Gasteiger partial charge in [0, 0.05) is 11.1 Å². The lowest BCUT2D eigenvalue weighted by molar-refractivity contribution is 0.568. The zero-order chi connectivity index (χ0) is 10.8. The van der Waals surface area contributed by atoms with E-state index in [2.05, 4.69) is 9.71 Å². The highest BCUT2D eigenvalue weighted by Gasteiger charge is 2.14. The molecule has 0 aliphatic heterocycles. The Kier molecular flexibility index (Phi) is 3.59. The Hall–Kier alpha value is -0.500. The minimum atomic E-state index is -3.65. The van der Waals surface area contributed by atoms with Gasteiger partial charge in [0.25, 0.3) is 10.2 Å². The van der Waals surface area contributed by atoms with Crippen LogP contribution in [-0.4, -0.2) is 13.4 Å². The molecule has 0 aliphatic rings. The second-order valence-corrected chi connectivity index (χ2v) is 5.38. The standard InChI is InChI=1S/C7H13N3O2S2/c1-3-6-4-9-7(13-6)5(2)10-14(8,11)12/h4-5,10H,3H2,1-2H3,(H2,8,11,12). The maximum atomic E-state index is 10.7. The van der Waals surface area contributed by atoms with Crippen molar-refractivity contribution in [2.75, 3.05) is 0 Å². The predicted molar refractivity (Wildman–Crippen MR) is 56.1 cm³/mol. The first-order valence-electron chi connectivity index (χ1n) is 4.17. The fourth-order valence-corrected chi connectivity index (χ4v) is 2.52. The van der Waals surface area contributed by atoms with Crippen molar-refractivity contribution in [3.63, 3.8) is 0 Å². The zero-order valence-electron chi connectivity index (χ0n) is 8.02. The predicted octanol–water partition coefficient (Wildman–Crippen LogP) is 0.560. The van der Waals surface area contributed by atoms with Gasteiger partial charge in [-0.2, -0.15) is 13.1 Å². The summed E-state index contributed by atoms with van der Waals surface area (Å²) in [6, 6.07) is -0.365. The summed E-state index contributed by atoms with van der Waals surface area (Å²) >= 11 is 1.49. The first kappa shape index (κ1) is 11.6. The molecule has 1 rings (SSSR count). The smallest absolute Gasteiger partial charge is 0.248 e. The van der Waals surface area contributed by atoms with Crippen LogP contribution >= 0.6 is 11.3 Å². The summed E-state index contributed by atoms with van der Waals surface area (Å²) in [5.41, 5.74) is 0. The Balaban J connectivity index is 2.74. The van der Waals surface area contributed by atoms with Gasteiger partial charge in [0.2, 0.25) is 0 Å². The highest BCUT2D eigenvalue weighted by atomic mass is 32.2.